The van der Waals surface area contributed by atoms with Crippen molar-refractivity contribution in [1.29, 1.82) is 0 Å². The van der Waals surface area contributed by atoms with E-state index in [1.54, 1.807) is 20.8 Å². The molecule has 0 bridgehead atoms. The van der Waals surface area contributed by atoms with Gasteiger partial charge in [-0.15, -0.1) is 0 Å². The predicted molar refractivity (Wildman–Crippen MR) is 62.7 cm³/mol. The third kappa shape index (κ3) is 4.63. The van der Waals surface area contributed by atoms with Gasteiger partial charge in [-0.1, -0.05) is 6.42 Å². The van der Waals surface area contributed by atoms with E-state index in [9.17, 15) is 9.59 Å². The van der Waals surface area contributed by atoms with E-state index in [1.807, 2.05) is 0 Å². The second-order valence-corrected chi connectivity index (χ2v) is 5.52. The highest BCUT2D eigenvalue weighted by molar-refractivity contribution is 5.71. The summed E-state index contributed by atoms with van der Waals surface area (Å²) in [6.45, 7) is 5.76. The number of alkyl carbamates (subject to hydrolysis) is 1. The van der Waals surface area contributed by atoms with Gasteiger partial charge in [0, 0.05) is 6.54 Å². The van der Waals surface area contributed by atoms with Gasteiger partial charge in [-0.3, -0.25) is 4.79 Å². The van der Waals surface area contributed by atoms with E-state index in [0.29, 0.717) is 13.0 Å². The Morgan fingerprint density at radius 2 is 2.00 bits per heavy atom. The van der Waals surface area contributed by atoms with E-state index in [1.165, 1.54) is 0 Å². The fourth-order valence-electron chi connectivity index (χ4n) is 2.13. The van der Waals surface area contributed by atoms with E-state index in [0.717, 1.165) is 12.8 Å². The highest BCUT2D eigenvalue weighted by atomic mass is 16.6. The van der Waals surface area contributed by atoms with E-state index in [2.05, 4.69) is 5.32 Å². The average Bonchev–Trinajstić information content (AvgIpc) is 2.59. The summed E-state index contributed by atoms with van der Waals surface area (Å²) in [5.74, 6) is -1.07. The molecule has 0 radical (unpaired) electrons. The van der Waals surface area contributed by atoms with Crippen LogP contribution in [0.4, 0.5) is 4.79 Å². The molecule has 0 spiro atoms. The molecule has 0 aromatic heterocycles. The van der Waals surface area contributed by atoms with Crippen LogP contribution < -0.4 is 5.32 Å². The highest BCUT2D eigenvalue weighted by Crippen LogP contribution is 2.31. The molecule has 0 aromatic carbocycles. The molecule has 1 aliphatic rings. The first kappa shape index (κ1) is 13.8. The summed E-state index contributed by atoms with van der Waals surface area (Å²) < 4.78 is 5.10. The van der Waals surface area contributed by atoms with Crippen molar-refractivity contribution < 1.29 is 19.4 Å². The monoisotopic (exact) mass is 243 g/mol. The van der Waals surface area contributed by atoms with Crippen molar-refractivity contribution in [3.05, 3.63) is 0 Å². The molecule has 0 aliphatic heterocycles. The average molecular weight is 243 g/mol. The first-order valence-electron chi connectivity index (χ1n) is 5.99. The minimum Gasteiger partial charge on any atom is -0.481 e. The molecule has 0 aromatic rings. The Bertz CT molecular complexity index is 295. The van der Waals surface area contributed by atoms with E-state index in [4.69, 9.17) is 9.84 Å². The quantitative estimate of drug-likeness (QED) is 0.795. The van der Waals surface area contributed by atoms with Gasteiger partial charge < -0.3 is 15.2 Å². The number of hydrogen-bond acceptors (Lipinski definition) is 3. The molecule has 1 amide bonds. The second kappa shape index (κ2) is 5.38. The van der Waals surface area contributed by atoms with Crippen LogP contribution in [0, 0.1) is 11.8 Å². The second-order valence-electron chi connectivity index (χ2n) is 5.52. The SMILES string of the molecule is CC(C)(C)OC(=O)NC[C@@H]1CCC[C@H]1C(=O)O. The van der Waals surface area contributed by atoms with Crippen molar-refractivity contribution in [3.8, 4) is 0 Å². The smallest absolute Gasteiger partial charge is 0.407 e. The Morgan fingerprint density at radius 3 is 2.53 bits per heavy atom. The number of rotatable bonds is 3. The summed E-state index contributed by atoms with van der Waals surface area (Å²) in [5.41, 5.74) is -0.522. The lowest BCUT2D eigenvalue weighted by Crippen LogP contribution is -2.37. The van der Waals surface area contributed by atoms with Crippen molar-refractivity contribution in [2.75, 3.05) is 6.54 Å². The maximum absolute atomic E-state index is 11.4. The molecule has 1 rings (SSSR count). The molecule has 17 heavy (non-hydrogen) atoms. The Labute approximate surface area is 102 Å². The lowest BCUT2D eigenvalue weighted by Gasteiger charge is -2.21. The number of hydrogen-bond donors (Lipinski definition) is 2. The third-order valence-electron chi connectivity index (χ3n) is 2.88. The zero-order valence-electron chi connectivity index (χ0n) is 10.7. The number of amides is 1. The fourth-order valence-corrected chi connectivity index (χ4v) is 2.13. The topological polar surface area (TPSA) is 75.6 Å². The van der Waals surface area contributed by atoms with Gasteiger partial charge >= 0.3 is 12.1 Å². The van der Waals surface area contributed by atoms with Crippen molar-refractivity contribution in [2.24, 2.45) is 11.8 Å². The number of carbonyl (C=O) groups is 2. The lowest BCUT2D eigenvalue weighted by molar-refractivity contribution is -0.142. The lowest BCUT2D eigenvalue weighted by atomic mass is 9.96. The largest absolute Gasteiger partial charge is 0.481 e. The van der Waals surface area contributed by atoms with Gasteiger partial charge in [0.1, 0.15) is 5.60 Å². The summed E-state index contributed by atoms with van der Waals surface area (Å²) in [4.78, 5) is 22.4. The maximum atomic E-state index is 11.4. The van der Waals surface area contributed by atoms with Crippen LogP contribution in [0.3, 0.4) is 0 Å². The molecule has 1 saturated carbocycles. The minimum absolute atomic E-state index is 0.0278. The van der Waals surface area contributed by atoms with Crippen LogP contribution in [0.5, 0.6) is 0 Å². The van der Waals surface area contributed by atoms with E-state index >= 15 is 0 Å². The molecule has 98 valence electrons. The van der Waals surface area contributed by atoms with Crippen LogP contribution in [0.25, 0.3) is 0 Å². The van der Waals surface area contributed by atoms with Gasteiger partial charge in [0.15, 0.2) is 0 Å². The molecular formula is C12H21NO4. The van der Waals surface area contributed by atoms with Gasteiger partial charge in [0.25, 0.3) is 0 Å². The normalized spacial score (nSPS) is 24.4. The van der Waals surface area contributed by atoms with Gasteiger partial charge in [-0.2, -0.15) is 0 Å². The summed E-state index contributed by atoms with van der Waals surface area (Å²) in [6, 6.07) is 0. The summed E-state index contributed by atoms with van der Waals surface area (Å²) in [7, 11) is 0. The van der Waals surface area contributed by atoms with E-state index in [-0.39, 0.29) is 11.8 Å². The number of carboxylic acids is 1. The Kier molecular flexibility index (Phi) is 4.37. The van der Waals surface area contributed by atoms with Crippen LogP contribution in [-0.4, -0.2) is 29.3 Å². The number of carbonyl (C=O) groups excluding carboxylic acids is 1. The number of ether oxygens (including phenoxy) is 1. The molecule has 1 fully saturated rings. The van der Waals surface area contributed by atoms with Crippen molar-refractivity contribution in [2.45, 2.75) is 45.6 Å². The van der Waals surface area contributed by atoms with Crippen LogP contribution in [-0.2, 0) is 9.53 Å². The summed E-state index contributed by atoms with van der Waals surface area (Å²) in [6.07, 6.45) is 1.99. The zero-order chi connectivity index (χ0) is 13.1. The molecule has 0 saturated heterocycles. The Balaban J connectivity index is 2.35. The standard InChI is InChI=1S/C12H21NO4/c1-12(2,3)17-11(16)13-7-8-5-4-6-9(8)10(14)15/h8-9H,4-7H2,1-3H3,(H,13,16)(H,14,15)/t8-,9+/m0/s1. The molecule has 5 heteroatoms. The molecule has 0 unspecified atom stereocenters. The van der Waals surface area contributed by atoms with Crippen LogP contribution in [0.15, 0.2) is 0 Å². The molecular weight excluding hydrogens is 222 g/mol. The van der Waals surface area contributed by atoms with Crippen molar-refractivity contribution >= 4 is 12.1 Å². The predicted octanol–water partition coefficient (Wildman–Crippen LogP) is 2.01. The van der Waals surface area contributed by atoms with Gasteiger partial charge in [-0.05, 0) is 39.5 Å². The maximum Gasteiger partial charge on any atom is 0.407 e. The Hall–Kier alpha value is -1.26. The van der Waals surface area contributed by atoms with Gasteiger partial charge in [0.2, 0.25) is 0 Å². The van der Waals surface area contributed by atoms with Crippen LogP contribution >= 0.6 is 0 Å². The molecule has 2 N–H and O–H groups in total. The van der Waals surface area contributed by atoms with Crippen molar-refractivity contribution in [3.63, 3.8) is 0 Å². The van der Waals surface area contributed by atoms with Crippen LogP contribution in [0.2, 0.25) is 0 Å². The summed E-state index contributed by atoms with van der Waals surface area (Å²) >= 11 is 0. The minimum atomic E-state index is -0.765. The number of carboxylic acid groups (broad SMARTS) is 1. The first-order valence-corrected chi connectivity index (χ1v) is 5.99. The molecule has 0 heterocycles. The van der Waals surface area contributed by atoms with E-state index < -0.39 is 17.7 Å². The number of aliphatic carboxylic acids is 1. The van der Waals surface area contributed by atoms with Crippen LogP contribution in [0.1, 0.15) is 40.0 Å². The zero-order valence-corrected chi connectivity index (χ0v) is 10.7. The third-order valence-corrected chi connectivity index (χ3v) is 2.88. The molecule has 1 aliphatic carbocycles. The Morgan fingerprint density at radius 1 is 1.35 bits per heavy atom. The molecule has 5 nitrogen and oxygen atoms in total. The van der Waals surface area contributed by atoms with Gasteiger partial charge in [-0.25, -0.2) is 4.79 Å². The van der Waals surface area contributed by atoms with Gasteiger partial charge in [0.05, 0.1) is 5.92 Å². The fraction of sp³-hybridized carbons (Fsp3) is 0.833. The van der Waals surface area contributed by atoms with Crippen molar-refractivity contribution in [1.82, 2.24) is 5.32 Å². The summed E-state index contributed by atoms with van der Waals surface area (Å²) in [5, 5.41) is 11.6. The highest BCUT2D eigenvalue weighted by Gasteiger charge is 2.33. The first-order chi connectivity index (χ1) is 7.79. The number of nitrogens with one attached hydrogen (secondary N) is 1. The molecule has 2 atom stereocenters.